The summed E-state index contributed by atoms with van der Waals surface area (Å²) in [5, 5.41) is 3.07. The van der Waals surface area contributed by atoms with Gasteiger partial charge in [-0.3, -0.25) is 28.1 Å². The zero-order chi connectivity index (χ0) is 28.2. The van der Waals surface area contributed by atoms with E-state index >= 15 is 0 Å². The number of nitrogens with zero attached hydrogens (tertiary/aromatic N) is 4. The van der Waals surface area contributed by atoms with E-state index in [0.29, 0.717) is 27.7 Å². The highest BCUT2D eigenvalue weighted by Gasteiger charge is 2.31. The first-order valence-corrected chi connectivity index (χ1v) is 13.5. The summed E-state index contributed by atoms with van der Waals surface area (Å²) in [4.78, 5) is 55.1. The van der Waals surface area contributed by atoms with Crippen molar-refractivity contribution in [2.45, 2.75) is 32.2 Å². The molecule has 0 aliphatic heterocycles. The molecule has 0 bridgehead atoms. The number of amides is 1. The number of anilines is 2. The van der Waals surface area contributed by atoms with Gasteiger partial charge >= 0.3 is 5.69 Å². The normalized spacial score (nSPS) is 13.1. The van der Waals surface area contributed by atoms with Crippen LogP contribution in [0.3, 0.4) is 0 Å². The maximum atomic E-state index is 14.9. The van der Waals surface area contributed by atoms with Crippen LogP contribution in [0.25, 0.3) is 16.6 Å². The van der Waals surface area contributed by atoms with Gasteiger partial charge in [-0.25, -0.2) is 9.18 Å². The number of aryl methyl sites for hydroxylation is 1. The Hall–Kier alpha value is -3.74. The zero-order valence-corrected chi connectivity index (χ0v) is 24.1. The van der Waals surface area contributed by atoms with Gasteiger partial charge in [-0.05, 0) is 78.3 Å². The summed E-state index contributed by atoms with van der Waals surface area (Å²) in [6.45, 7) is 1.57. The number of carbonyl (C=O) groups is 1. The fourth-order valence-electron chi connectivity index (χ4n) is 4.71. The Morgan fingerprint density at radius 1 is 1.10 bits per heavy atom. The molecule has 1 fully saturated rings. The monoisotopic (exact) mass is 643 g/mol. The predicted molar refractivity (Wildman–Crippen MR) is 157 cm³/mol. The van der Waals surface area contributed by atoms with Crippen molar-refractivity contribution < 1.29 is 9.18 Å². The smallest absolute Gasteiger partial charge is 0.336 e. The largest absolute Gasteiger partial charge is 0.349 e. The Kier molecular flexibility index (Phi) is 6.95. The van der Waals surface area contributed by atoms with E-state index in [9.17, 15) is 23.6 Å². The first kappa shape index (κ1) is 26.9. The third-order valence-corrected chi connectivity index (χ3v) is 7.63. The van der Waals surface area contributed by atoms with Crippen molar-refractivity contribution in [2.24, 2.45) is 7.05 Å². The third kappa shape index (κ3) is 4.79. The van der Waals surface area contributed by atoms with Crippen LogP contribution in [0.4, 0.5) is 15.9 Å². The molecule has 5 rings (SSSR count). The maximum absolute atomic E-state index is 14.9. The van der Waals surface area contributed by atoms with Crippen molar-refractivity contribution >= 4 is 50.9 Å². The Labute approximate surface area is 236 Å². The van der Waals surface area contributed by atoms with Gasteiger partial charge < -0.3 is 10.2 Å². The van der Waals surface area contributed by atoms with Crippen LogP contribution in [0.5, 0.6) is 0 Å². The van der Waals surface area contributed by atoms with Gasteiger partial charge in [-0.15, -0.1) is 0 Å². The molecule has 202 valence electrons. The molecule has 1 N–H and O–H groups in total. The van der Waals surface area contributed by atoms with Crippen LogP contribution >= 0.6 is 22.6 Å². The molecule has 0 atom stereocenters. The summed E-state index contributed by atoms with van der Waals surface area (Å²) in [6.07, 6.45) is 1.48. The second-order valence-electron chi connectivity index (χ2n) is 9.97. The molecular formula is C28H27FIN5O4. The first-order valence-electron chi connectivity index (χ1n) is 12.4. The molecule has 1 saturated carbocycles. The fourth-order valence-corrected chi connectivity index (χ4v) is 5.17. The maximum Gasteiger partial charge on any atom is 0.336 e. The van der Waals surface area contributed by atoms with Crippen LogP contribution in [-0.4, -0.2) is 38.6 Å². The minimum absolute atomic E-state index is 0.0906. The second-order valence-corrected chi connectivity index (χ2v) is 11.2. The molecule has 2 aromatic carbocycles. The molecule has 0 unspecified atom stereocenters. The number of benzene rings is 2. The minimum atomic E-state index is -0.561. The lowest BCUT2D eigenvalue weighted by Gasteiger charge is -2.21. The van der Waals surface area contributed by atoms with Crippen LogP contribution in [0.15, 0.2) is 56.8 Å². The van der Waals surface area contributed by atoms with Crippen molar-refractivity contribution in [3.63, 3.8) is 0 Å². The van der Waals surface area contributed by atoms with E-state index in [1.165, 1.54) is 37.8 Å². The predicted octanol–water partition coefficient (Wildman–Crippen LogP) is 3.61. The molecule has 9 nitrogen and oxygen atoms in total. The average Bonchev–Trinajstić information content (AvgIpc) is 3.72. The van der Waals surface area contributed by atoms with Crippen molar-refractivity contribution in [1.29, 1.82) is 0 Å². The highest BCUT2D eigenvalue weighted by molar-refractivity contribution is 14.1. The van der Waals surface area contributed by atoms with E-state index in [2.05, 4.69) is 5.32 Å². The Bertz CT molecular complexity index is 1840. The SMILES string of the molecule is Cc1c(=O)n(C)c(Nc2ccc(I)cc2F)c2c(=O)n(C3CC3)c(=O)n(-c3cccc(CC(=O)N(C)C)c3)c12. The number of aromatic nitrogens is 3. The lowest BCUT2D eigenvalue weighted by atomic mass is 10.1. The number of halogens is 2. The van der Waals surface area contributed by atoms with E-state index < -0.39 is 22.6 Å². The molecule has 1 aliphatic rings. The number of hydrogen-bond acceptors (Lipinski definition) is 5. The fraction of sp³-hybridized carbons (Fsp3) is 0.286. The summed E-state index contributed by atoms with van der Waals surface area (Å²) >= 11 is 2.00. The van der Waals surface area contributed by atoms with Crippen molar-refractivity contribution in [2.75, 3.05) is 19.4 Å². The molecule has 2 heterocycles. The van der Waals surface area contributed by atoms with Gasteiger partial charge in [0.2, 0.25) is 5.91 Å². The Morgan fingerprint density at radius 3 is 2.46 bits per heavy atom. The number of carbonyl (C=O) groups excluding carboxylic acids is 1. The molecule has 1 amide bonds. The summed E-state index contributed by atoms with van der Waals surface area (Å²) in [5.41, 5.74) is 0.0000832. The first-order chi connectivity index (χ1) is 18.5. The number of likely N-dealkylation sites (N-methyl/N-ethyl adjacent to an activating group) is 1. The molecule has 0 spiro atoms. The Balaban J connectivity index is 1.85. The van der Waals surface area contributed by atoms with E-state index in [1.807, 2.05) is 22.6 Å². The summed E-state index contributed by atoms with van der Waals surface area (Å²) in [6, 6.07) is 11.3. The van der Waals surface area contributed by atoms with Gasteiger partial charge in [0.25, 0.3) is 11.1 Å². The standard InChI is InChI=1S/C28H27FIN5O4/c1-15-24-23(25(33(4)26(15)37)31-21-11-8-17(30)14-20(21)29)27(38)35(18-9-10-18)28(39)34(24)19-7-5-6-16(12-19)13-22(36)32(2)3/h5-8,11-12,14,18,31H,9-10,13H2,1-4H3. The van der Waals surface area contributed by atoms with E-state index in [0.717, 1.165) is 0 Å². The van der Waals surface area contributed by atoms with Crippen molar-refractivity contribution in [3.8, 4) is 5.69 Å². The van der Waals surface area contributed by atoms with E-state index in [4.69, 9.17) is 0 Å². The van der Waals surface area contributed by atoms with E-state index in [-0.39, 0.29) is 46.3 Å². The van der Waals surface area contributed by atoms with Crippen LogP contribution < -0.4 is 22.1 Å². The lowest BCUT2D eigenvalue weighted by Crippen LogP contribution is -2.41. The molecule has 0 radical (unpaired) electrons. The molecule has 11 heteroatoms. The number of rotatable bonds is 6. The van der Waals surface area contributed by atoms with E-state index in [1.54, 1.807) is 51.4 Å². The van der Waals surface area contributed by atoms with Gasteiger partial charge in [-0.1, -0.05) is 12.1 Å². The summed E-state index contributed by atoms with van der Waals surface area (Å²) < 4.78 is 19.4. The van der Waals surface area contributed by atoms with Crippen LogP contribution in [-0.2, 0) is 18.3 Å². The highest BCUT2D eigenvalue weighted by Crippen LogP contribution is 2.34. The van der Waals surface area contributed by atoms with Crippen molar-refractivity contribution in [3.05, 3.63) is 94.2 Å². The van der Waals surface area contributed by atoms with Crippen LogP contribution in [0, 0.1) is 16.3 Å². The molecular weight excluding hydrogens is 616 g/mol. The number of hydrogen-bond donors (Lipinski definition) is 1. The summed E-state index contributed by atoms with van der Waals surface area (Å²) in [5.74, 6) is -0.562. The molecule has 1 aliphatic carbocycles. The molecule has 2 aromatic heterocycles. The summed E-state index contributed by atoms with van der Waals surface area (Å²) in [7, 11) is 4.84. The second kappa shape index (κ2) is 10.1. The average molecular weight is 643 g/mol. The van der Waals surface area contributed by atoms with Crippen molar-refractivity contribution in [1.82, 2.24) is 18.6 Å². The van der Waals surface area contributed by atoms with Gasteiger partial charge in [0, 0.05) is 36.3 Å². The van der Waals surface area contributed by atoms with Gasteiger partial charge in [0.05, 0.1) is 23.3 Å². The quantitative estimate of drug-likeness (QED) is 0.324. The van der Waals surface area contributed by atoms with Crippen LogP contribution in [0.1, 0.15) is 30.0 Å². The molecule has 39 heavy (non-hydrogen) atoms. The topological polar surface area (TPSA) is 98.3 Å². The third-order valence-electron chi connectivity index (χ3n) is 6.96. The van der Waals surface area contributed by atoms with Gasteiger partial charge in [-0.2, -0.15) is 0 Å². The lowest BCUT2D eigenvalue weighted by molar-refractivity contribution is -0.127. The van der Waals surface area contributed by atoms with Gasteiger partial charge in [0.15, 0.2) is 0 Å². The Morgan fingerprint density at radius 2 is 1.82 bits per heavy atom. The van der Waals surface area contributed by atoms with Crippen LogP contribution in [0.2, 0.25) is 0 Å². The number of nitrogens with one attached hydrogen (secondary N) is 1. The number of fused-ring (bicyclic) bond motifs is 1. The zero-order valence-electron chi connectivity index (χ0n) is 21.9. The minimum Gasteiger partial charge on any atom is -0.349 e. The highest BCUT2D eigenvalue weighted by atomic mass is 127. The van der Waals surface area contributed by atoms with Gasteiger partial charge in [0.1, 0.15) is 17.0 Å². The molecule has 0 saturated heterocycles. The number of pyridine rings is 1. The molecule has 4 aromatic rings.